The van der Waals surface area contributed by atoms with Gasteiger partial charge in [-0.25, -0.2) is 5.01 Å². The van der Waals surface area contributed by atoms with Crippen LogP contribution in [-0.2, 0) is 14.4 Å². The number of aryl methyl sites for hydroxylation is 1. The maximum atomic E-state index is 13.2. The monoisotopic (exact) mass is 453 g/mol. The molecule has 2 aromatic rings. The summed E-state index contributed by atoms with van der Waals surface area (Å²) in [5.74, 6) is 0.585. The van der Waals surface area contributed by atoms with Crippen LogP contribution in [0.5, 0.6) is 5.75 Å². The molecule has 1 saturated heterocycles. The molecule has 166 valence electrons. The number of hydrazine groups is 1. The van der Waals surface area contributed by atoms with Gasteiger partial charge in [0.05, 0.1) is 18.7 Å². The van der Waals surface area contributed by atoms with Crippen molar-refractivity contribution in [2.75, 3.05) is 35.6 Å². The van der Waals surface area contributed by atoms with Crippen molar-refractivity contribution in [2.24, 2.45) is 4.99 Å². The van der Waals surface area contributed by atoms with E-state index in [0.29, 0.717) is 28.8 Å². The van der Waals surface area contributed by atoms with E-state index in [9.17, 15) is 14.4 Å². The van der Waals surface area contributed by atoms with Crippen LogP contribution in [0.25, 0.3) is 0 Å². The Kier molecular flexibility index (Phi) is 6.31. The predicted molar refractivity (Wildman–Crippen MR) is 124 cm³/mol. The van der Waals surface area contributed by atoms with Crippen LogP contribution in [0.1, 0.15) is 5.56 Å². The zero-order valence-electron chi connectivity index (χ0n) is 17.7. The smallest absolute Gasteiger partial charge is 0.292 e. The lowest BCUT2D eigenvalue weighted by Crippen LogP contribution is -2.58. The molecule has 1 atom stereocenters. The number of amides is 3. The third-order valence-electron chi connectivity index (χ3n) is 5.14. The van der Waals surface area contributed by atoms with Crippen molar-refractivity contribution in [3.63, 3.8) is 0 Å². The maximum Gasteiger partial charge on any atom is 0.292 e. The fourth-order valence-electron chi connectivity index (χ4n) is 3.33. The number of aliphatic imine (C=N–C) groups is 1. The average Bonchev–Trinajstić information content (AvgIpc) is 3.30. The molecule has 9 nitrogen and oxygen atoms in total. The zero-order chi connectivity index (χ0) is 22.7. The van der Waals surface area contributed by atoms with Crippen molar-refractivity contribution in [1.29, 1.82) is 0 Å². The number of nitrogens with zero attached hydrogens (tertiary/aromatic N) is 3. The van der Waals surface area contributed by atoms with E-state index in [0.717, 1.165) is 5.56 Å². The molecule has 3 amide bonds. The van der Waals surface area contributed by atoms with Gasteiger partial charge in [0.15, 0.2) is 0 Å². The van der Waals surface area contributed by atoms with Gasteiger partial charge < -0.3 is 15.0 Å². The largest absolute Gasteiger partial charge is 0.497 e. The first kappa shape index (κ1) is 21.7. The van der Waals surface area contributed by atoms with Crippen LogP contribution >= 0.6 is 11.8 Å². The van der Waals surface area contributed by atoms with Crippen LogP contribution in [0.2, 0.25) is 0 Å². The predicted octanol–water partition coefficient (Wildman–Crippen LogP) is 1.79. The minimum Gasteiger partial charge on any atom is -0.497 e. The van der Waals surface area contributed by atoms with Crippen molar-refractivity contribution >= 4 is 46.7 Å². The number of hydrogen-bond acceptors (Lipinski definition) is 7. The van der Waals surface area contributed by atoms with Gasteiger partial charge >= 0.3 is 0 Å². The minimum atomic E-state index is -0.649. The Labute approximate surface area is 189 Å². The van der Waals surface area contributed by atoms with E-state index in [1.54, 1.807) is 43.5 Å². The molecule has 0 saturated carbocycles. The summed E-state index contributed by atoms with van der Waals surface area (Å²) < 4.78 is 5.13. The van der Waals surface area contributed by atoms with Gasteiger partial charge in [-0.2, -0.15) is 0 Å². The highest BCUT2D eigenvalue weighted by molar-refractivity contribution is 7.99. The highest BCUT2D eigenvalue weighted by Gasteiger charge is 2.38. The summed E-state index contributed by atoms with van der Waals surface area (Å²) in [7, 11) is 1.57. The third-order valence-corrected chi connectivity index (χ3v) is 6.15. The van der Waals surface area contributed by atoms with Crippen molar-refractivity contribution in [2.45, 2.75) is 13.0 Å². The van der Waals surface area contributed by atoms with Crippen molar-refractivity contribution in [3.05, 3.63) is 54.1 Å². The Balaban J connectivity index is 1.45. The number of carbonyl (C=O) groups is 3. The fourth-order valence-corrected chi connectivity index (χ4v) is 4.49. The molecule has 0 aliphatic carbocycles. The van der Waals surface area contributed by atoms with E-state index in [4.69, 9.17) is 4.74 Å². The minimum absolute atomic E-state index is 0.0370. The van der Waals surface area contributed by atoms with Crippen LogP contribution in [0, 0.1) is 6.92 Å². The number of thioether (sulfide) groups is 1. The Morgan fingerprint density at radius 1 is 1.16 bits per heavy atom. The van der Waals surface area contributed by atoms with Gasteiger partial charge in [0.25, 0.3) is 11.8 Å². The summed E-state index contributed by atoms with van der Waals surface area (Å²) in [6.07, 6.45) is 0. The normalized spacial score (nSPS) is 18.1. The van der Waals surface area contributed by atoms with Crippen LogP contribution in [0.4, 0.5) is 11.4 Å². The highest BCUT2D eigenvalue weighted by Crippen LogP contribution is 2.24. The van der Waals surface area contributed by atoms with Crippen LogP contribution in [0.15, 0.2) is 53.5 Å². The van der Waals surface area contributed by atoms with Gasteiger partial charge in [0.1, 0.15) is 18.3 Å². The summed E-state index contributed by atoms with van der Waals surface area (Å²) in [6.45, 7) is 1.81. The second-order valence-corrected chi connectivity index (χ2v) is 8.35. The van der Waals surface area contributed by atoms with Gasteiger partial charge in [-0.15, -0.1) is 11.8 Å². The van der Waals surface area contributed by atoms with E-state index >= 15 is 0 Å². The second kappa shape index (κ2) is 9.31. The first-order chi connectivity index (χ1) is 15.5. The van der Waals surface area contributed by atoms with E-state index < -0.39 is 11.9 Å². The van der Waals surface area contributed by atoms with Crippen LogP contribution in [0.3, 0.4) is 0 Å². The maximum absolute atomic E-state index is 13.2. The fraction of sp³-hybridized carbons (Fsp3) is 0.273. The number of hydrogen-bond donors (Lipinski definition) is 2. The number of nitrogens with one attached hydrogen (secondary N) is 2. The van der Waals surface area contributed by atoms with E-state index in [1.807, 2.05) is 19.1 Å². The molecule has 0 spiro atoms. The molecule has 0 bridgehead atoms. The van der Waals surface area contributed by atoms with Gasteiger partial charge in [0, 0.05) is 11.4 Å². The van der Waals surface area contributed by atoms with Gasteiger partial charge in [-0.3, -0.25) is 24.8 Å². The lowest BCUT2D eigenvalue weighted by Gasteiger charge is -2.30. The van der Waals surface area contributed by atoms with E-state index in [-0.39, 0.29) is 24.2 Å². The number of amidine groups is 1. The van der Waals surface area contributed by atoms with Crippen molar-refractivity contribution in [3.8, 4) is 5.75 Å². The summed E-state index contributed by atoms with van der Waals surface area (Å²) in [4.78, 5) is 44.0. The Hall–Kier alpha value is -3.53. The quantitative estimate of drug-likeness (QED) is 0.716. The molecule has 2 aromatic carbocycles. The summed E-state index contributed by atoms with van der Waals surface area (Å²) in [5.41, 5.74) is 5.11. The van der Waals surface area contributed by atoms with E-state index in [2.05, 4.69) is 15.7 Å². The Bertz CT molecular complexity index is 1050. The summed E-state index contributed by atoms with van der Waals surface area (Å²) >= 11 is 1.49. The molecule has 2 aliphatic heterocycles. The molecule has 1 unspecified atom stereocenters. The SMILES string of the molecule is COc1ccc(NC(=O)C2CSCN2C(=O)C2=NCC(=O)N(c3ccc(C)cc3)N2)cc1. The van der Waals surface area contributed by atoms with Crippen LogP contribution in [-0.4, -0.2) is 59.8 Å². The molecular weight excluding hydrogens is 430 g/mol. The lowest BCUT2D eigenvalue weighted by atomic mass is 10.2. The lowest BCUT2D eigenvalue weighted by molar-refractivity contribution is -0.131. The average molecular weight is 454 g/mol. The first-order valence-corrected chi connectivity index (χ1v) is 11.2. The molecule has 10 heteroatoms. The third kappa shape index (κ3) is 4.54. The van der Waals surface area contributed by atoms with Gasteiger partial charge in [0.2, 0.25) is 11.7 Å². The molecular formula is C22H23N5O4S. The van der Waals surface area contributed by atoms with Gasteiger partial charge in [-0.1, -0.05) is 17.7 Å². The van der Waals surface area contributed by atoms with Gasteiger partial charge in [-0.05, 0) is 43.3 Å². The summed E-state index contributed by atoms with van der Waals surface area (Å²) in [5, 5.41) is 4.16. The topological polar surface area (TPSA) is 103 Å². The van der Waals surface area contributed by atoms with Crippen molar-refractivity contribution < 1.29 is 19.1 Å². The first-order valence-electron chi connectivity index (χ1n) is 10.0. The number of benzene rings is 2. The second-order valence-electron chi connectivity index (χ2n) is 7.35. The molecule has 2 N–H and O–H groups in total. The number of methoxy groups -OCH3 is 1. The molecule has 2 aliphatic rings. The highest BCUT2D eigenvalue weighted by atomic mass is 32.2. The van der Waals surface area contributed by atoms with Crippen molar-refractivity contribution in [1.82, 2.24) is 10.3 Å². The molecule has 4 rings (SSSR count). The standard InChI is InChI=1S/C22H23N5O4S/c1-14-3-7-16(8-4-14)27-19(28)11-23-20(25-27)22(30)26-13-32-12-18(26)21(29)24-15-5-9-17(31-2)10-6-15/h3-10,18H,11-13H2,1-2H3,(H,23,25)(H,24,29). The number of anilines is 2. The zero-order valence-corrected chi connectivity index (χ0v) is 18.5. The number of rotatable bonds is 5. The molecule has 0 radical (unpaired) electrons. The number of ether oxygens (including phenoxy) is 1. The molecule has 2 heterocycles. The number of carbonyl (C=O) groups excluding carboxylic acids is 3. The van der Waals surface area contributed by atoms with E-state index in [1.165, 1.54) is 21.7 Å². The molecule has 32 heavy (non-hydrogen) atoms. The Morgan fingerprint density at radius 3 is 2.56 bits per heavy atom. The summed E-state index contributed by atoms with van der Waals surface area (Å²) in [6, 6.07) is 13.7. The molecule has 1 fully saturated rings. The molecule has 0 aromatic heterocycles. The van der Waals surface area contributed by atoms with Crippen LogP contribution < -0.4 is 20.5 Å². The Morgan fingerprint density at radius 2 is 1.88 bits per heavy atom.